The fourth-order valence-electron chi connectivity index (χ4n) is 4.98. The van der Waals surface area contributed by atoms with E-state index in [1.165, 1.54) is 6.92 Å². The van der Waals surface area contributed by atoms with Crippen LogP contribution in [0.1, 0.15) is 23.6 Å². The van der Waals surface area contributed by atoms with Crippen molar-refractivity contribution in [2.75, 3.05) is 6.54 Å². The van der Waals surface area contributed by atoms with E-state index in [9.17, 15) is 28.8 Å². The molecule has 0 aliphatic rings. The molecule has 1 unspecified atom stereocenters. The molecule has 0 aliphatic carbocycles. The Kier molecular flexibility index (Phi) is 11.9. The number of hydrogen-bond acceptors (Lipinski definition) is 6. The van der Waals surface area contributed by atoms with Crippen LogP contribution < -0.4 is 27.0 Å². The third-order valence-electron chi connectivity index (χ3n) is 7.46. The van der Waals surface area contributed by atoms with E-state index in [4.69, 9.17) is 5.73 Å². The summed E-state index contributed by atoms with van der Waals surface area (Å²) in [6.45, 7) is 0.733. The highest BCUT2D eigenvalue weighted by Crippen LogP contribution is 2.16. The van der Waals surface area contributed by atoms with E-state index >= 15 is 0 Å². The SMILES string of the molecule is CC(NC(=O)[C@H](Cc1ccccc1)NC(=O)Cc1ccccc1)C(=O)C(=O)NCC(=O)N[C@@H](Cc1ccc2ccccc2c1)C(N)=O. The minimum atomic E-state index is -1.26. The van der Waals surface area contributed by atoms with Crippen molar-refractivity contribution in [3.05, 3.63) is 120 Å². The second-order valence-electron chi connectivity index (χ2n) is 11.2. The highest BCUT2D eigenvalue weighted by Gasteiger charge is 2.28. The van der Waals surface area contributed by atoms with E-state index in [2.05, 4.69) is 21.3 Å². The average Bonchev–Trinajstić information content (AvgIpc) is 3.07. The summed E-state index contributed by atoms with van der Waals surface area (Å²) in [6, 6.07) is 28.1. The molecule has 4 rings (SSSR count). The van der Waals surface area contributed by atoms with Crippen LogP contribution in [0.15, 0.2) is 103 Å². The van der Waals surface area contributed by atoms with Gasteiger partial charge < -0.3 is 27.0 Å². The van der Waals surface area contributed by atoms with Crippen molar-refractivity contribution in [3.8, 4) is 0 Å². The number of carbonyl (C=O) groups is 6. The van der Waals surface area contributed by atoms with Crippen LogP contribution in [0.25, 0.3) is 10.8 Å². The highest BCUT2D eigenvalue weighted by atomic mass is 16.2. The smallest absolute Gasteiger partial charge is 0.290 e. The number of nitrogens with two attached hydrogens (primary N) is 1. The number of fused-ring (bicyclic) bond motifs is 1. The minimum absolute atomic E-state index is 0.0528. The molecule has 0 aromatic heterocycles. The summed E-state index contributed by atoms with van der Waals surface area (Å²) in [4.78, 5) is 76.0. The molecule has 11 nitrogen and oxygen atoms in total. The van der Waals surface area contributed by atoms with Gasteiger partial charge in [-0.3, -0.25) is 28.8 Å². The molecule has 242 valence electrons. The van der Waals surface area contributed by atoms with E-state index in [0.29, 0.717) is 0 Å². The first kappa shape index (κ1) is 34.0. The first-order valence-corrected chi connectivity index (χ1v) is 15.1. The van der Waals surface area contributed by atoms with Crippen molar-refractivity contribution >= 4 is 46.1 Å². The predicted molar refractivity (Wildman–Crippen MR) is 177 cm³/mol. The molecule has 0 radical (unpaired) electrons. The average molecular weight is 636 g/mol. The molecule has 11 heteroatoms. The van der Waals surface area contributed by atoms with Gasteiger partial charge in [0.15, 0.2) is 0 Å². The zero-order valence-electron chi connectivity index (χ0n) is 25.9. The Hall–Kier alpha value is -5.84. The van der Waals surface area contributed by atoms with Crippen LogP contribution in [0.3, 0.4) is 0 Å². The molecule has 0 fully saturated rings. The maximum atomic E-state index is 13.2. The minimum Gasteiger partial charge on any atom is -0.368 e. The summed E-state index contributed by atoms with van der Waals surface area (Å²) in [5.74, 6) is -4.62. The van der Waals surface area contributed by atoms with Crippen molar-refractivity contribution < 1.29 is 28.8 Å². The normalized spacial score (nSPS) is 12.6. The second-order valence-corrected chi connectivity index (χ2v) is 11.2. The molecule has 47 heavy (non-hydrogen) atoms. The fraction of sp³-hybridized carbons (Fsp3) is 0.222. The van der Waals surface area contributed by atoms with Gasteiger partial charge in [-0.15, -0.1) is 0 Å². The van der Waals surface area contributed by atoms with Gasteiger partial charge in [-0.25, -0.2) is 0 Å². The van der Waals surface area contributed by atoms with Crippen LogP contribution in [0, 0.1) is 0 Å². The molecule has 0 aliphatic heterocycles. The standard InChI is InChI=1S/C36H37N5O6/c1-23(39-35(46)30(19-24-10-4-2-5-11-24)41-31(42)21-25-12-6-3-7-13-25)33(44)36(47)38-22-32(43)40-29(34(37)45)20-26-16-17-27-14-8-9-15-28(27)18-26/h2-18,23,29-30H,19-22H2,1H3,(H2,37,45)(H,38,47)(H,39,46)(H,40,43)(H,41,42)/t23?,29-,30-/m0/s1. The Morgan fingerprint density at radius 1 is 0.617 bits per heavy atom. The number of ketones is 1. The Morgan fingerprint density at radius 3 is 1.85 bits per heavy atom. The van der Waals surface area contributed by atoms with E-state index in [0.717, 1.165) is 27.5 Å². The lowest BCUT2D eigenvalue weighted by Crippen LogP contribution is -2.54. The molecule has 6 N–H and O–H groups in total. The third-order valence-corrected chi connectivity index (χ3v) is 7.46. The number of Topliss-reactive ketones (excluding diaryl/α,β-unsaturated/α-hetero) is 1. The maximum absolute atomic E-state index is 13.2. The van der Waals surface area contributed by atoms with Gasteiger partial charge in [0.05, 0.1) is 19.0 Å². The number of carbonyl (C=O) groups excluding carboxylic acids is 6. The molecular formula is C36H37N5O6. The number of nitrogens with one attached hydrogen (secondary N) is 4. The Labute approximate surface area is 272 Å². The second kappa shape index (κ2) is 16.5. The van der Waals surface area contributed by atoms with Crippen molar-refractivity contribution in [1.29, 1.82) is 0 Å². The first-order valence-electron chi connectivity index (χ1n) is 15.1. The molecular weight excluding hydrogens is 598 g/mol. The van der Waals surface area contributed by atoms with Crippen LogP contribution >= 0.6 is 0 Å². The van der Waals surface area contributed by atoms with Gasteiger partial charge in [-0.2, -0.15) is 0 Å². The molecule has 4 aromatic rings. The fourth-order valence-corrected chi connectivity index (χ4v) is 4.98. The Morgan fingerprint density at radius 2 is 1.19 bits per heavy atom. The molecule has 0 saturated heterocycles. The zero-order valence-corrected chi connectivity index (χ0v) is 25.9. The van der Waals surface area contributed by atoms with Crippen molar-refractivity contribution in [2.24, 2.45) is 5.73 Å². The van der Waals surface area contributed by atoms with Gasteiger partial charge in [0.25, 0.3) is 5.91 Å². The third kappa shape index (κ3) is 10.4. The van der Waals surface area contributed by atoms with Crippen molar-refractivity contribution in [2.45, 2.75) is 44.3 Å². The lowest BCUT2D eigenvalue weighted by molar-refractivity contribution is -0.140. The highest BCUT2D eigenvalue weighted by molar-refractivity contribution is 6.38. The number of amides is 5. The summed E-state index contributed by atoms with van der Waals surface area (Å²) in [5.41, 5.74) is 7.84. The molecule has 0 saturated carbocycles. The number of benzene rings is 4. The van der Waals surface area contributed by atoms with Crippen molar-refractivity contribution in [3.63, 3.8) is 0 Å². The molecule has 3 atom stereocenters. The van der Waals surface area contributed by atoms with Crippen LogP contribution in [0.4, 0.5) is 0 Å². The molecule has 4 aromatic carbocycles. The van der Waals surface area contributed by atoms with Crippen LogP contribution in [0.5, 0.6) is 0 Å². The number of rotatable bonds is 15. The van der Waals surface area contributed by atoms with Gasteiger partial charge in [0.2, 0.25) is 29.4 Å². The summed E-state index contributed by atoms with van der Waals surface area (Å²) < 4.78 is 0. The van der Waals surface area contributed by atoms with Crippen LogP contribution in [-0.4, -0.2) is 60.0 Å². The Balaban J connectivity index is 1.30. The van der Waals surface area contributed by atoms with Gasteiger partial charge >= 0.3 is 0 Å². The topological polar surface area (TPSA) is 177 Å². The monoisotopic (exact) mass is 635 g/mol. The lowest BCUT2D eigenvalue weighted by Gasteiger charge is -2.21. The molecule has 5 amide bonds. The number of hydrogen-bond donors (Lipinski definition) is 5. The van der Waals surface area contributed by atoms with Gasteiger partial charge in [0, 0.05) is 12.8 Å². The van der Waals surface area contributed by atoms with E-state index in [1.54, 1.807) is 48.5 Å². The summed E-state index contributed by atoms with van der Waals surface area (Å²) >= 11 is 0. The molecule has 0 spiro atoms. The van der Waals surface area contributed by atoms with E-state index < -0.39 is 54.1 Å². The van der Waals surface area contributed by atoms with Gasteiger partial charge in [-0.1, -0.05) is 103 Å². The van der Waals surface area contributed by atoms with Gasteiger partial charge in [-0.05, 0) is 34.4 Å². The lowest BCUT2D eigenvalue weighted by atomic mass is 10.0. The molecule has 0 bridgehead atoms. The quantitative estimate of drug-likeness (QED) is 0.124. The largest absolute Gasteiger partial charge is 0.368 e. The van der Waals surface area contributed by atoms with Gasteiger partial charge in [0.1, 0.15) is 12.1 Å². The maximum Gasteiger partial charge on any atom is 0.290 e. The predicted octanol–water partition coefficient (Wildman–Crippen LogP) is 1.51. The zero-order chi connectivity index (χ0) is 33.8. The van der Waals surface area contributed by atoms with E-state index in [-0.39, 0.29) is 25.2 Å². The summed E-state index contributed by atoms with van der Waals surface area (Å²) in [5, 5.41) is 11.9. The van der Waals surface area contributed by atoms with Crippen molar-refractivity contribution in [1.82, 2.24) is 21.3 Å². The first-order chi connectivity index (χ1) is 22.6. The van der Waals surface area contributed by atoms with Crippen LogP contribution in [-0.2, 0) is 48.0 Å². The Bertz CT molecular complexity index is 1740. The van der Waals surface area contributed by atoms with E-state index in [1.807, 2.05) is 54.6 Å². The van der Waals surface area contributed by atoms with Crippen LogP contribution in [0.2, 0.25) is 0 Å². The molecule has 0 heterocycles. The number of primary amides is 1. The summed E-state index contributed by atoms with van der Waals surface area (Å²) in [6.07, 6.45) is 0.339. The summed E-state index contributed by atoms with van der Waals surface area (Å²) in [7, 11) is 0.